The number of rotatable bonds is 7. The molecule has 3 aromatic rings. The zero-order valence-corrected chi connectivity index (χ0v) is 18.7. The van der Waals surface area contributed by atoms with E-state index in [1.807, 2.05) is 6.92 Å². The molecule has 2 aromatic carbocycles. The molecule has 3 rings (SSSR count). The number of hydrogen-bond donors (Lipinski definition) is 4. The van der Waals surface area contributed by atoms with Crippen LogP contribution in [0.25, 0.3) is 0 Å². The summed E-state index contributed by atoms with van der Waals surface area (Å²) in [7, 11) is 0. The van der Waals surface area contributed by atoms with Gasteiger partial charge in [0.25, 0.3) is 5.91 Å². The molecule has 0 saturated heterocycles. The smallest absolute Gasteiger partial charge is 0.254 e. The number of benzene rings is 2. The van der Waals surface area contributed by atoms with E-state index in [-0.39, 0.29) is 5.82 Å². The molecule has 2 amide bonds. The topological polar surface area (TPSA) is 107 Å². The van der Waals surface area contributed by atoms with Crippen molar-refractivity contribution in [1.29, 1.82) is 0 Å². The highest BCUT2D eigenvalue weighted by molar-refractivity contribution is 5.97. The van der Waals surface area contributed by atoms with Crippen LogP contribution >= 0.6 is 0 Å². The van der Waals surface area contributed by atoms with Gasteiger partial charge in [-0.25, -0.2) is 8.78 Å². The molecule has 0 aliphatic heterocycles. The van der Waals surface area contributed by atoms with Gasteiger partial charge in [-0.15, -0.1) is 0 Å². The first-order chi connectivity index (χ1) is 15.5. The fourth-order valence-electron chi connectivity index (χ4n) is 3.27. The Morgan fingerprint density at radius 3 is 2.24 bits per heavy atom. The van der Waals surface area contributed by atoms with Crippen molar-refractivity contribution in [2.24, 2.45) is 0 Å². The van der Waals surface area contributed by atoms with Crippen LogP contribution in [0.3, 0.4) is 0 Å². The first-order valence-electron chi connectivity index (χ1n) is 10.4. The van der Waals surface area contributed by atoms with Gasteiger partial charge < -0.3 is 15.7 Å². The summed E-state index contributed by atoms with van der Waals surface area (Å²) in [6, 6.07) is 10.7. The average molecular weight is 456 g/mol. The molecule has 7 nitrogen and oxygen atoms in total. The van der Waals surface area contributed by atoms with Crippen molar-refractivity contribution >= 4 is 17.6 Å². The average Bonchev–Trinajstić information content (AvgIpc) is 3.22. The van der Waals surface area contributed by atoms with Crippen LogP contribution in [0, 0.1) is 18.6 Å². The highest BCUT2D eigenvalue weighted by Crippen LogP contribution is 2.32. The van der Waals surface area contributed by atoms with E-state index in [1.165, 1.54) is 19.1 Å². The summed E-state index contributed by atoms with van der Waals surface area (Å²) in [5.41, 5.74) is 1.50. The van der Waals surface area contributed by atoms with Crippen molar-refractivity contribution in [2.45, 2.75) is 45.3 Å². The number of H-pyrrole nitrogens is 1. The Bertz CT molecular complexity index is 1140. The minimum atomic E-state index is -1.41. The van der Waals surface area contributed by atoms with Crippen LogP contribution in [0.1, 0.15) is 49.3 Å². The predicted octanol–water partition coefficient (Wildman–Crippen LogP) is 3.50. The van der Waals surface area contributed by atoms with Gasteiger partial charge in [-0.1, -0.05) is 43.7 Å². The maximum atomic E-state index is 13.7. The maximum Gasteiger partial charge on any atom is 0.254 e. The minimum Gasteiger partial charge on any atom is -0.378 e. The number of nitrogens with zero attached hydrogens (tertiary/aromatic N) is 1. The van der Waals surface area contributed by atoms with Gasteiger partial charge in [-0.2, -0.15) is 5.10 Å². The van der Waals surface area contributed by atoms with Gasteiger partial charge >= 0.3 is 0 Å². The highest BCUT2D eigenvalue weighted by Gasteiger charge is 2.28. The third-order valence-corrected chi connectivity index (χ3v) is 5.48. The summed E-state index contributed by atoms with van der Waals surface area (Å²) in [4.78, 5) is 24.8. The third kappa shape index (κ3) is 5.61. The molecule has 33 heavy (non-hydrogen) atoms. The lowest BCUT2D eigenvalue weighted by molar-refractivity contribution is -0.132. The predicted molar refractivity (Wildman–Crippen MR) is 119 cm³/mol. The Hall–Kier alpha value is -3.59. The van der Waals surface area contributed by atoms with E-state index in [0.29, 0.717) is 16.8 Å². The van der Waals surface area contributed by atoms with Crippen LogP contribution in [0.4, 0.5) is 14.6 Å². The van der Waals surface area contributed by atoms with Gasteiger partial charge in [0.15, 0.2) is 11.9 Å². The molecule has 1 aromatic heterocycles. The highest BCUT2D eigenvalue weighted by atomic mass is 19.1. The number of halogens is 2. The second kappa shape index (κ2) is 9.50. The fraction of sp³-hybridized carbons (Fsp3) is 0.292. The van der Waals surface area contributed by atoms with E-state index < -0.39 is 41.0 Å². The van der Waals surface area contributed by atoms with Crippen molar-refractivity contribution < 1.29 is 23.5 Å². The van der Waals surface area contributed by atoms with E-state index in [9.17, 15) is 23.5 Å². The maximum absolute atomic E-state index is 13.7. The third-order valence-electron chi connectivity index (χ3n) is 5.48. The number of hydrogen-bond acceptors (Lipinski definition) is 4. The molecule has 1 heterocycles. The van der Waals surface area contributed by atoms with Crippen LogP contribution < -0.4 is 10.6 Å². The monoisotopic (exact) mass is 456 g/mol. The molecular formula is C24H26F2N4O3. The molecule has 0 fully saturated rings. The SMILES string of the molecule is Cc1ccc([C@H](O)C(=O)N[C@@H](C)C(=O)Nc2cc(C(C)(C)c3cc(F)cc(F)c3)[nH]n2)cc1. The van der Waals surface area contributed by atoms with E-state index in [2.05, 4.69) is 20.8 Å². The van der Waals surface area contributed by atoms with Gasteiger partial charge in [0.2, 0.25) is 5.91 Å². The van der Waals surface area contributed by atoms with Gasteiger partial charge in [0.1, 0.15) is 17.7 Å². The summed E-state index contributed by atoms with van der Waals surface area (Å²) in [5.74, 6) is -2.46. The summed E-state index contributed by atoms with van der Waals surface area (Å²) in [6.45, 7) is 6.88. The number of anilines is 1. The first-order valence-corrected chi connectivity index (χ1v) is 10.4. The van der Waals surface area contributed by atoms with Crippen molar-refractivity contribution in [1.82, 2.24) is 15.5 Å². The summed E-state index contributed by atoms with van der Waals surface area (Å²) >= 11 is 0. The van der Waals surface area contributed by atoms with Gasteiger partial charge in [0, 0.05) is 23.2 Å². The fourth-order valence-corrected chi connectivity index (χ4v) is 3.27. The van der Waals surface area contributed by atoms with E-state index in [0.717, 1.165) is 11.6 Å². The summed E-state index contributed by atoms with van der Waals surface area (Å²) in [5, 5.41) is 22.1. The number of aryl methyl sites for hydroxylation is 1. The number of aromatic nitrogens is 2. The van der Waals surface area contributed by atoms with Crippen molar-refractivity contribution in [2.75, 3.05) is 5.32 Å². The number of aliphatic hydroxyl groups excluding tert-OH is 1. The van der Waals surface area contributed by atoms with E-state index in [4.69, 9.17) is 0 Å². The second-order valence-corrected chi connectivity index (χ2v) is 8.48. The Morgan fingerprint density at radius 2 is 1.64 bits per heavy atom. The normalized spacial score (nSPS) is 13.3. The van der Waals surface area contributed by atoms with Crippen molar-refractivity contribution in [3.8, 4) is 0 Å². The van der Waals surface area contributed by atoms with Gasteiger partial charge in [0.05, 0.1) is 0 Å². The quantitative estimate of drug-likeness (QED) is 0.437. The second-order valence-electron chi connectivity index (χ2n) is 8.48. The number of aliphatic hydroxyl groups is 1. The molecule has 0 aliphatic rings. The first kappa shape index (κ1) is 24.1. The largest absolute Gasteiger partial charge is 0.378 e. The van der Waals surface area contributed by atoms with Crippen LogP contribution in [0.15, 0.2) is 48.5 Å². The molecule has 0 spiro atoms. The number of carbonyl (C=O) groups is 2. The number of amides is 2. The van der Waals surface area contributed by atoms with Crippen LogP contribution in [0.5, 0.6) is 0 Å². The van der Waals surface area contributed by atoms with Gasteiger partial charge in [-0.3, -0.25) is 14.7 Å². The Kier molecular flexibility index (Phi) is 6.92. The van der Waals surface area contributed by atoms with Crippen LogP contribution in [-0.2, 0) is 15.0 Å². The van der Waals surface area contributed by atoms with Crippen LogP contribution in [-0.4, -0.2) is 33.2 Å². The molecule has 0 aliphatic carbocycles. The standard InChI is InChI=1S/C24H26F2N4O3/c1-13-5-7-15(8-6-13)21(31)23(33)27-14(2)22(32)28-20-12-19(29-30-20)24(3,4)16-9-17(25)11-18(26)10-16/h5-12,14,21,31H,1-4H3,(H,27,33)(H2,28,29,30,32)/t14-,21-/m0/s1. The Morgan fingerprint density at radius 1 is 1.03 bits per heavy atom. The number of carbonyl (C=O) groups excluding carboxylic acids is 2. The lowest BCUT2D eigenvalue weighted by Crippen LogP contribution is -2.43. The Labute approximate surface area is 190 Å². The molecule has 0 bridgehead atoms. The molecule has 9 heteroatoms. The van der Waals surface area contributed by atoms with Crippen LogP contribution in [0.2, 0.25) is 0 Å². The molecule has 0 saturated carbocycles. The van der Waals surface area contributed by atoms with Crippen molar-refractivity contribution in [3.05, 3.63) is 82.5 Å². The number of nitrogens with one attached hydrogen (secondary N) is 3. The molecule has 2 atom stereocenters. The molecule has 174 valence electrons. The Balaban J connectivity index is 1.64. The molecular weight excluding hydrogens is 430 g/mol. The molecule has 4 N–H and O–H groups in total. The lowest BCUT2D eigenvalue weighted by atomic mass is 9.81. The van der Waals surface area contributed by atoms with E-state index in [1.54, 1.807) is 44.2 Å². The lowest BCUT2D eigenvalue weighted by Gasteiger charge is -2.23. The molecule has 0 unspecified atom stereocenters. The van der Waals surface area contributed by atoms with E-state index >= 15 is 0 Å². The molecule has 0 radical (unpaired) electrons. The summed E-state index contributed by atoms with van der Waals surface area (Å²) in [6.07, 6.45) is -1.41. The zero-order chi connectivity index (χ0) is 24.3. The number of aromatic amines is 1. The zero-order valence-electron chi connectivity index (χ0n) is 18.7. The van der Waals surface area contributed by atoms with Crippen molar-refractivity contribution in [3.63, 3.8) is 0 Å². The van der Waals surface area contributed by atoms with Gasteiger partial charge in [-0.05, 0) is 37.1 Å². The summed E-state index contributed by atoms with van der Waals surface area (Å²) < 4.78 is 27.3. The minimum absolute atomic E-state index is 0.181.